The van der Waals surface area contributed by atoms with Crippen molar-refractivity contribution < 1.29 is 5.11 Å². The van der Waals surface area contributed by atoms with Gasteiger partial charge in [0, 0.05) is 13.5 Å². The molecule has 1 aromatic heterocycles. The van der Waals surface area contributed by atoms with Crippen LogP contribution in [0.1, 0.15) is 51.4 Å². The molecule has 1 N–H and O–H groups in total. The van der Waals surface area contributed by atoms with Gasteiger partial charge in [-0.2, -0.15) is 5.10 Å². The van der Waals surface area contributed by atoms with Crippen molar-refractivity contribution in [1.29, 1.82) is 0 Å². The van der Waals surface area contributed by atoms with Gasteiger partial charge in [0.2, 0.25) is 0 Å². The fourth-order valence-electron chi connectivity index (χ4n) is 3.11. The summed E-state index contributed by atoms with van der Waals surface area (Å²) in [6.45, 7) is 6.48. The minimum atomic E-state index is -0.619. The number of aryl methyl sites for hydroxylation is 2. The third kappa shape index (κ3) is 2.57. The molecule has 1 atom stereocenters. The van der Waals surface area contributed by atoms with E-state index in [2.05, 4.69) is 18.9 Å². The Bertz CT molecular complexity index is 453. The number of rotatable bonds is 3. The number of aliphatic hydroxyl groups is 1. The number of hydrogen-bond donors (Lipinski definition) is 1. The number of halogens is 1. The van der Waals surface area contributed by atoms with Gasteiger partial charge < -0.3 is 5.11 Å². The molecule has 1 aliphatic carbocycles. The van der Waals surface area contributed by atoms with Crippen LogP contribution in [0.2, 0.25) is 5.02 Å². The van der Waals surface area contributed by atoms with Crippen LogP contribution in [-0.4, -0.2) is 20.5 Å². The maximum atomic E-state index is 10.7. The molecule has 102 valence electrons. The summed E-state index contributed by atoms with van der Waals surface area (Å²) in [6, 6.07) is 0. The second kappa shape index (κ2) is 4.53. The molecular weight excluding hydrogens is 248 g/mol. The van der Waals surface area contributed by atoms with Crippen LogP contribution in [0.15, 0.2) is 0 Å². The summed E-state index contributed by atoms with van der Waals surface area (Å²) in [7, 11) is 1.91. The van der Waals surface area contributed by atoms with Crippen molar-refractivity contribution in [3.8, 4) is 0 Å². The SMILES string of the molecule is CCc1nn(C)c(CC2(O)CCC(C)(C)C2)c1Cl. The van der Waals surface area contributed by atoms with Crippen LogP contribution >= 0.6 is 11.6 Å². The number of hydrogen-bond acceptors (Lipinski definition) is 2. The van der Waals surface area contributed by atoms with Gasteiger partial charge in [-0.25, -0.2) is 0 Å². The van der Waals surface area contributed by atoms with Crippen molar-refractivity contribution in [3.63, 3.8) is 0 Å². The second-order valence-corrected chi connectivity index (χ2v) is 6.80. The third-order valence-electron chi connectivity index (χ3n) is 4.07. The van der Waals surface area contributed by atoms with Crippen LogP contribution in [0.4, 0.5) is 0 Å². The highest BCUT2D eigenvalue weighted by Crippen LogP contribution is 2.45. The predicted molar refractivity (Wildman–Crippen MR) is 73.9 cm³/mol. The molecule has 4 heteroatoms. The zero-order valence-electron chi connectivity index (χ0n) is 11.8. The molecule has 0 spiro atoms. The molecule has 2 rings (SSSR count). The summed E-state index contributed by atoms with van der Waals surface area (Å²) in [5.74, 6) is 0. The topological polar surface area (TPSA) is 38.0 Å². The van der Waals surface area contributed by atoms with E-state index in [4.69, 9.17) is 11.6 Å². The monoisotopic (exact) mass is 270 g/mol. The normalized spacial score (nSPS) is 26.8. The smallest absolute Gasteiger partial charge is 0.0850 e. The second-order valence-electron chi connectivity index (χ2n) is 6.43. The lowest BCUT2D eigenvalue weighted by Crippen LogP contribution is -2.30. The molecule has 0 bridgehead atoms. The molecule has 3 nitrogen and oxygen atoms in total. The Morgan fingerprint density at radius 2 is 2.06 bits per heavy atom. The highest BCUT2D eigenvalue weighted by atomic mass is 35.5. The summed E-state index contributed by atoms with van der Waals surface area (Å²) in [4.78, 5) is 0. The van der Waals surface area contributed by atoms with Crippen molar-refractivity contribution in [2.45, 2.75) is 58.5 Å². The largest absolute Gasteiger partial charge is 0.389 e. The van der Waals surface area contributed by atoms with Gasteiger partial charge in [0.25, 0.3) is 0 Å². The standard InChI is InChI=1S/C14H23ClN2O/c1-5-10-12(15)11(17(4)16-10)8-14(18)7-6-13(2,3)9-14/h18H,5-9H2,1-4H3. The van der Waals surface area contributed by atoms with Gasteiger partial charge in [-0.1, -0.05) is 32.4 Å². The summed E-state index contributed by atoms with van der Waals surface area (Å²) in [5.41, 5.74) is 1.50. The van der Waals surface area contributed by atoms with E-state index in [9.17, 15) is 5.11 Å². The van der Waals surface area contributed by atoms with E-state index >= 15 is 0 Å². The van der Waals surface area contributed by atoms with Gasteiger partial charge in [0.1, 0.15) is 0 Å². The van der Waals surface area contributed by atoms with Gasteiger partial charge in [-0.15, -0.1) is 0 Å². The lowest BCUT2D eigenvalue weighted by Gasteiger charge is -2.25. The summed E-state index contributed by atoms with van der Waals surface area (Å²) in [6.07, 6.45) is 4.20. The summed E-state index contributed by atoms with van der Waals surface area (Å²) >= 11 is 6.35. The first-order chi connectivity index (χ1) is 8.26. The van der Waals surface area contributed by atoms with Crippen molar-refractivity contribution in [3.05, 3.63) is 16.4 Å². The Morgan fingerprint density at radius 1 is 1.39 bits per heavy atom. The molecule has 0 saturated heterocycles. The molecule has 1 saturated carbocycles. The van der Waals surface area contributed by atoms with Gasteiger partial charge in [-0.05, 0) is 31.1 Å². The molecule has 18 heavy (non-hydrogen) atoms. The van der Waals surface area contributed by atoms with Crippen molar-refractivity contribution in [2.75, 3.05) is 0 Å². The van der Waals surface area contributed by atoms with Gasteiger partial charge in [0.05, 0.1) is 22.0 Å². The lowest BCUT2D eigenvalue weighted by atomic mass is 9.87. The van der Waals surface area contributed by atoms with Crippen molar-refractivity contribution in [1.82, 2.24) is 9.78 Å². The molecule has 0 aliphatic heterocycles. The highest BCUT2D eigenvalue weighted by molar-refractivity contribution is 6.31. The Hall–Kier alpha value is -0.540. The Morgan fingerprint density at radius 3 is 2.50 bits per heavy atom. The first-order valence-electron chi connectivity index (χ1n) is 6.69. The first-order valence-corrected chi connectivity index (χ1v) is 7.07. The van der Waals surface area contributed by atoms with E-state index in [1.807, 2.05) is 18.7 Å². The fraction of sp³-hybridized carbons (Fsp3) is 0.786. The summed E-state index contributed by atoms with van der Waals surface area (Å²) < 4.78 is 1.82. The van der Waals surface area contributed by atoms with Crippen molar-refractivity contribution >= 4 is 11.6 Å². The lowest BCUT2D eigenvalue weighted by molar-refractivity contribution is 0.0361. The van der Waals surface area contributed by atoms with Crippen LogP contribution < -0.4 is 0 Å². The molecule has 0 amide bonds. The minimum Gasteiger partial charge on any atom is -0.389 e. The zero-order chi connectivity index (χ0) is 13.6. The van der Waals surface area contributed by atoms with E-state index in [1.165, 1.54) is 0 Å². The van der Waals surface area contributed by atoms with Crippen LogP contribution in [0, 0.1) is 5.41 Å². The molecule has 1 aliphatic rings. The maximum Gasteiger partial charge on any atom is 0.0850 e. The van der Waals surface area contributed by atoms with Crippen LogP contribution in [0.5, 0.6) is 0 Å². The molecular formula is C14H23ClN2O. The van der Waals surface area contributed by atoms with Crippen LogP contribution in [-0.2, 0) is 19.9 Å². The maximum absolute atomic E-state index is 10.7. The van der Waals surface area contributed by atoms with Gasteiger partial charge >= 0.3 is 0 Å². The van der Waals surface area contributed by atoms with Gasteiger partial charge in [-0.3, -0.25) is 4.68 Å². The third-order valence-corrected chi connectivity index (χ3v) is 4.51. The van der Waals surface area contributed by atoms with E-state index in [1.54, 1.807) is 0 Å². The Labute approximate surface area is 114 Å². The summed E-state index contributed by atoms with van der Waals surface area (Å²) in [5, 5.41) is 15.9. The Balaban J connectivity index is 2.22. The van der Waals surface area contributed by atoms with E-state index in [0.29, 0.717) is 6.42 Å². The quantitative estimate of drug-likeness (QED) is 0.916. The average Bonchev–Trinajstić information content (AvgIpc) is 2.69. The highest BCUT2D eigenvalue weighted by Gasteiger charge is 2.42. The zero-order valence-corrected chi connectivity index (χ0v) is 12.5. The van der Waals surface area contributed by atoms with E-state index < -0.39 is 5.60 Å². The predicted octanol–water partition coefficient (Wildman–Crippen LogP) is 3.12. The van der Waals surface area contributed by atoms with Crippen LogP contribution in [0.25, 0.3) is 0 Å². The van der Waals surface area contributed by atoms with Gasteiger partial charge in [0.15, 0.2) is 0 Å². The molecule has 1 fully saturated rings. The van der Waals surface area contributed by atoms with E-state index in [-0.39, 0.29) is 5.41 Å². The molecule has 0 radical (unpaired) electrons. The average molecular weight is 271 g/mol. The van der Waals surface area contributed by atoms with Crippen molar-refractivity contribution in [2.24, 2.45) is 12.5 Å². The molecule has 1 unspecified atom stereocenters. The fourth-order valence-corrected chi connectivity index (χ4v) is 3.47. The first kappa shape index (κ1) is 13.9. The van der Waals surface area contributed by atoms with Crippen LogP contribution in [0.3, 0.4) is 0 Å². The molecule has 1 aromatic rings. The Kier molecular flexibility index (Phi) is 3.50. The molecule has 0 aromatic carbocycles. The van der Waals surface area contributed by atoms with E-state index in [0.717, 1.165) is 42.1 Å². The number of aromatic nitrogens is 2. The minimum absolute atomic E-state index is 0.230. The molecule has 1 heterocycles. The number of nitrogens with zero attached hydrogens (tertiary/aromatic N) is 2.